The molecule has 4 nitrogen and oxygen atoms in total. The number of aromatic hydroxyl groups is 1. The molecule has 0 saturated carbocycles. The summed E-state index contributed by atoms with van der Waals surface area (Å²) in [4.78, 5) is 0. The van der Waals surface area contributed by atoms with Crippen LogP contribution in [0.1, 0.15) is 0 Å². The molecule has 0 aliphatic carbocycles. The van der Waals surface area contributed by atoms with E-state index >= 15 is 0 Å². The number of phenols is 1. The Morgan fingerprint density at radius 3 is 2.86 bits per heavy atom. The number of aromatic nitrogens is 3. The number of phenolic OH excluding ortho intramolecular Hbond substituents is 1. The van der Waals surface area contributed by atoms with Crippen molar-refractivity contribution in [3.63, 3.8) is 0 Å². The molecule has 1 aromatic heterocycles. The summed E-state index contributed by atoms with van der Waals surface area (Å²) < 4.78 is 14.4. The van der Waals surface area contributed by atoms with Gasteiger partial charge in [0.05, 0.1) is 11.9 Å². The monoisotopic (exact) mass is 193 g/mol. The highest BCUT2D eigenvalue weighted by molar-refractivity contribution is 5.66. The van der Waals surface area contributed by atoms with Crippen LogP contribution in [0.25, 0.3) is 11.3 Å². The van der Waals surface area contributed by atoms with E-state index in [0.717, 1.165) is 0 Å². The van der Waals surface area contributed by atoms with E-state index in [2.05, 4.69) is 10.3 Å². The highest BCUT2D eigenvalue weighted by atomic mass is 19.1. The van der Waals surface area contributed by atoms with Crippen molar-refractivity contribution in [1.82, 2.24) is 15.0 Å². The van der Waals surface area contributed by atoms with Gasteiger partial charge in [0.25, 0.3) is 0 Å². The Hall–Kier alpha value is -1.91. The largest absolute Gasteiger partial charge is 0.507 e. The summed E-state index contributed by atoms with van der Waals surface area (Å²) in [6.45, 7) is 0. The molecular weight excluding hydrogens is 185 g/mol. The molecule has 0 bridgehead atoms. The lowest BCUT2D eigenvalue weighted by atomic mass is 10.1. The van der Waals surface area contributed by atoms with Crippen molar-refractivity contribution in [2.75, 3.05) is 0 Å². The van der Waals surface area contributed by atoms with E-state index in [9.17, 15) is 9.50 Å². The van der Waals surface area contributed by atoms with Crippen molar-refractivity contribution < 1.29 is 9.50 Å². The molecule has 0 aliphatic rings. The Balaban J connectivity index is 2.62. The second-order valence-electron chi connectivity index (χ2n) is 2.90. The smallest absolute Gasteiger partial charge is 0.125 e. The molecule has 0 saturated heterocycles. The number of nitrogens with zero attached hydrogens (tertiary/aromatic N) is 3. The minimum Gasteiger partial charge on any atom is -0.507 e. The fourth-order valence-corrected chi connectivity index (χ4v) is 1.25. The Morgan fingerprint density at radius 1 is 1.43 bits per heavy atom. The molecule has 2 aromatic rings. The molecule has 2 rings (SSSR count). The Kier molecular flexibility index (Phi) is 1.92. The first kappa shape index (κ1) is 8.68. The van der Waals surface area contributed by atoms with Gasteiger partial charge in [-0.3, -0.25) is 0 Å². The van der Waals surface area contributed by atoms with Crippen molar-refractivity contribution in [1.29, 1.82) is 0 Å². The Bertz CT molecular complexity index is 467. The molecule has 1 heterocycles. The molecule has 14 heavy (non-hydrogen) atoms. The predicted octanol–water partition coefficient (Wildman–Crippen LogP) is 1.33. The van der Waals surface area contributed by atoms with Gasteiger partial charge in [0.2, 0.25) is 0 Å². The standard InChI is InChI=1S/C9H8FN3O/c1-13-8(5-11-12-13)7-4-6(10)2-3-9(7)14/h2-5,14H,1H3. The van der Waals surface area contributed by atoms with Gasteiger partial charge < -0.3 is 5.11 Å². The molecule has 72 valence electrons. The maximum atomic E-state index is 12.9. The lowest BCUT2D eigenvalue weighted by molar-refractivity contribution is 0.474. The lowest BCUT2D eigenvalue weighted by Crippen LogP contribution is -1.94. The molecule has 1 aromatic carbocycles. The average Bonchev–Trinajstić information content (AvgIpc) is 2.56. The zero-order valence-corrected chi connectivity index (χ0v) is 7.48. The van der Waals surface area contributed by atoms with E-state index in [-0.39, 0.29) is 5.75 Å². The van der Waals surface area contributed by atoms with Crippen LogP contribution in [0.2, 0.25) is 0 Å². The molecular formula is C9H8FN3O. The van der Waals surface area contributed by atoms with Gasteiger partial charge in [-0.1, -0.05) is 5.21 Å². The molecule has 5 heteroatoms. The van der Waals surface area contributed by atoms with E-state index in [1.54, 1.807) is 7.05 Å². The molecule has 0 atom stereocenters. The molecule has 0 spiro atoms. The first-order chi connectivity index (χ1) is 6.68. The third-order valence-electron chi connectivity index (χ3n) is 1.95. The molecule has 0 fully saturated rings. The maximum absolute atomic E-state index is 12.9. The molecule has 0 aliphatic heterocycles. The van der Waals surface area contributed by atoms with Crippen molar-refractivity contribution in [3.8, 4) is 17.0 Å². The zero-order valence-electron chi connectivity index (χ0n) is 7.48. The number of hydrogen-bond donors (Lipinski definition) is 1. The fourth-order valence-electron chi connectivity index (χ4n) is 1.25. The van der Waals surface area contributed by atoms with Gasteiger partial charge >= 0.3 is 0 Å². The summed E-state index contributed by atoms with van der Waals surface area (Å²) in [7, 11) is 1.67. The van der Waals surface area contributed by atoms with Crippen molar-refractivity contribution in [2.24, 2.45) is 7.05 Å². The minimum atomic E-state index is -0.404. The summed E-state index contributed by atoms with van der Waals surface area (Å²) in [5.41, 5.74) is 0.958. The topological polar surface area (TPSA) is 50.9 Å². The van der Waals surface area contributed by atoms with Crippen LogP contribution in [0, 0.1) is 5.82 Å². The summed E-state index contributed by atoms with van der Waals surface area (Å²) in [5.74, 6) is -0.393. The van der Waals surface area contributed by atoms with Crippen LogP contribution in [-0.4, -0.2) is 20.1 Å². The zero-order chi connectivity index (χ0) is 10.1. The van der Waals surface area contributed by atoms with Crippen molar-refractivity contribution in [3.05, 3.63) is 30.2 Å². The SMILES string of the molecule is Cn1nncc1-c1cc(F)ccc1O. The Morgan fingerprint density at radius 2 is 2.21 bits per heavy atom. The number of rotatable bonds is 1. The Labute approximate surface area is 79.6 Å². The molecule has 1 N–H and O–H groups in total. The molecule has 0 radical (unpaired) electrons. The first-order valence-corrected chi connectivity index (χ1v) is 4.02. The van der Waals surface area contributed by atoms with Gasteiger partial charge in [0, 0.05) is 12.6 Å². The fraction of sp³-hybridized carbons (Fsp3) is 0.111. The lowest BCUT2D eigenvalue weighted by Gasteiger charge is -2.03. The van der Waals surface area contributed by atoms with Crippen molar-refractivity contribution >= 4 is 0 Å². The van der Waals surface area contributed by atoms with Crippen LogP contribution >= 0.6 is 0 Å². The summed E-state index contributed by atoms with van der Waals surface area (Å²) in [5, 5.41) is 16.8. The summed E-state index contributed by atoms with van der Waals surface area (Å²) in [6, 6.07) is 3.74. The first-order valence-electron chi connectivity index (χ1n) is 4.02. The van der Waals surface area contributed by atoms with Crippen LogP contribution in [0.4, 0.5) is 4.39 Å². The van der Waals surface area contributed by atoms with Crippen LogP contribution in [0.3, 0.4) is 0 Å². The maximum Gasteiger partial charge on any atom is 0.125 e. The van der Waals surface area contributed by atoms with Gasteiger partial charge in [0.15, 0.2) is 0 Å². The normalized spacial score (nSPS) is 10.4. The van der Waals surface area contributed by atoms with Gasteiger partial charge in [-0.25, -0.2) is 9.07 Å². The third kappa shape index (κ3) is 1.32. The van der Waals surface area contributed by atoms with Crippen LogP contribution < -0.4 is 0 Å². The molecule has 0 unspecified atom stereocenters. The van der Waals surface area contributed by atoms with Gasteiger partial charge in [-0.05, 0) is 18.2 Å². The number of aryl methyl sites for hydroxylation is 1. The van der Waals surface area contributed by atoms with Crippen LogP contribution in [-0.2, 0) is 7.05 Å². The predicted molar refractivity (Wildman–Crippen MR) is 48.1 cm³/mol. The van der Waals surface area contributed by atoms with E-state index in [1.165, 1.54) is 29.1 Å². The summed E-state index contributed by atoms with van der Waals surface area (Å²) >= 11 is 0. The van der Waals surface area contributed by atoms with Gasteiger partial charge in [-0.15, -0.1) is 5.10 Å². The van der Waals surface area contributed by atoms with E-state index in [1.807, 2.05) is 0 Å². The van der Waals surface area contributed by atoms with Crippen LogP contribution in [0.15, 0.2) is 24.4 Å². The number of hydrogen-bond acceptors (Lipinski definition) is 3. The third-order valence-corrected chi connectivity index (χ3v) is 1.95. The van der Waals surface area contributed by atoms with Gasteiger partial charge in [-0.2, -0.15) is 0 Å². The van der Waals surface area contributed by atoms with E-state index < -0.39 is 5.82 Å². The second-order valence-corrected chi connectivity index (χ2v) is 2.90. The molecule has 0 amide bonds. The number of benzene rings is 1. The highest BCUT2D eigenvalue weighted by Gasteiger charge is 2.09. The second kappa shape index (κ2) is 3.10. The average molecular weight is 193 g/mol. The van der Waals surface area contributed by atoms with Crippen molar-refractivity contribution in [2.45, 2.75) is 0 Å². The number of halogens is 1. The summed E-state index contributed by atoms with van der Waals surface area (Å²) in [6.07, 6.45) is 1.47. The van der Waals surface area contributed by atoms with Crippen LogP contribution in [0.5, 0.6) is 5.75 Å². The quantitative estimate of drug-likeness (QED) is 0.743. The van der Waals surface area contributed by atoms with E-state index in [4.69, 9.17) is 0 Å². The minimum absolute atomic E-state index is 0.0109. The van der Waals surface area contributed by atoms with E-state index in [0.29, 0.717) is 11.3 Å². The highest BCUT2D eigenvalue weighted by Crippen LogP contribution is 2.28. The van der Waals surface area contributed by atoms with Gasteiger partial charge in [0.1, 0.15) is 11.6 Å².